The summed E-state index contributed by atoms with van der Waals surface area (Å²) in [6.45, 7) is 3.43. The van der Waals surface area contributed by atoms with Gasteiger partial charge in [-0.15, -0.1) is 0 Å². The minimum atomic E-state index is -3.55. The first-order valence-corrected chi connectivity index (χ1v) is 12.5. The predicted octanol–water partition coefficient (Wildman–Crippen LogP) is 4.67. The quantitative estimate of drug-likeness (QED) is 0.417. The molecule has 0 spiro atoms. The summed E-state index contributed by atoms with van der Waals surface area (Å²) in [7, 11) is -3.55. The van der Waals surface area contributed by atoms with Gasteiger partial charge in [0.15, 0.2) is 0 Å². The second-order valence-corrected chi connectivity index (χ2v) is 9.96. The molecule has 4 rings (SSSR count). The summed E-state index contributed by atoms with van der Waals surface area (Å²) in [5.74, 6) is 0.158. The number of hydrogen-bond acceptors (Lipinski definition) is 4. The van der Waals surface area contributed by atoms with Gasteiger partial charge in [-0.2, -0.15) is 8.42 Å². The highest BCUT2D eigenvalue weighted by atomic mass is 32.2. The average Bonchev–Trinajstić information content (AvgIpc) is 2.78. The monoisotopic (exact) mass is 435 g/mol. The molecule has 1 fully saturated rings. The molecule has 3 aromatic carbocycles. The minimum Gasteiger partial charge on any atom is -0.283 e. The summed E-state index contributed by atoms with van der Waals surface area (Å²) in [5.41, 5.74) is 2.91. The van der Waals surface area contributed by atoms with Crippen molar-refractivity contribution in [2.45, 2.75) is 25.0 Å². The summed E-state index contributed by atoms with van der Waals surface area (Å²) < 4.78 is 29.5. The Kier molecular flexibility index (Phi) is 6.28. The second kappa shape index (κ2) is 8.95. The SMILES string of the molecule is CC1CCN(C(c2ccccc2)(c2ccccc2)c2ccccc2)CC1OS(C)(=O)=O. The molecule has 2 atom stereocenters. The van der Waals surface area contributed by atoms with E-state index >= 15 is 0 Å². The molecule has 0 amide bonds. The van der Waals surface area contributed by atoms with E-state index in [-0.39, 0.29) is 12.0 Å². The van der Waals surface area contributed by atoms with Crippen LogP contribution in [0.4, 0.5) is 0 Å². The van der Waals surface area contributed by atoms with Crippen LogP contribution < -0.4 is 0 Å². The molecule has 2 unspecified atom stereocenters. The standard InChI is InChI=1S/C26H29NO3S/c1-21-18-19-27(20-25(21)30-31(2,28)29)26(22-12-6-3-7-13-22,23-14-8-4-9-15-23)24-16-10-5-11-17-24/h3-17,21,25H,18-20H2,1-2H3. The average molecular weight is 436 g/mol. The first-order valence-electron chi connectivity index (χ1n) is 10.7. The molecule has 0 aliphatic carbocycles. The van der Waals surface area contributed by atoms with Crippen LogP contribution in [0.1, 0.15) is 30.0 Å². The Hall–Kier alpha value is -2.47. The lowest BCUT2D eigenvalue weighted by atomic mass is 9.74. The molecule has 0 bridgehead atoms. The van der Waals surface area contributed by atoms with E-state index in [4.69, 9.17) is 4.18 Å². The molecule has 0 saturated carbocycles. The van der Waals surface area contributed by atoms with Crippen molar-refractivity contribution < 1.29 is 12.6 Å². The van der Waals surface area contributed by atoms with Crippen molar-refractivity contribution in [3.8, 4) is 0 Å². The topological polar surface area (TPSA) is 46.6 Å². The van der Waals surface area contributed by atoms with Gasteiger partial charge in [0.25, 0.3) is 10.1 Å². The van der Waals surface area contributed by atoms with Gasteiger partial charge in [0.2, 0.25) is 0 Å². The Morgan fingerprint density at radius 3 is 1.61 bits per heavy atom. The number of rotatable bonds is 6. The van der Waals surface area contributed by atoms with E-state index in [1.165, 1.54) is 0 Å². The van der Waals surface area contributed by atoms with Gasteiger partial charge in [0.1, 0.15) is 0 Å². The van der Waals surface area contributed by atoms with Crippen molar-refractivity contribution in [1.82, 2.24) is 4.90 Å². The molecular formula is C26H29NO3S. The van der Waals surface area contributed by atoms with Crippen molar-refractivity contribution in [2.75, 3.05) is 19.3 Å². The molecule has 1 aliphatic heterocycles. The largest absolute Gasteiger partial charge is 0.283 e. The van der Waals surface area contributed by atoms with E-state index < -0.39 is 15.7 Å². The molecule has 4 nitrogen and oxygen atoms in total. The molecule has 1 saturated heterocycles. The van der Waals surface area contributed by atoms with E-state index in [1.54, 1.807) is 0 Å². The van der Waals surface area contributed by atoms with Crippen LogP contribution in [0.3, 0.4) is 0 Å². The van der Waals surface area contributed by atoms with Crippen LogP contribution in [0.15, 0.2) is 91.0 Å². The van der Waals surface area contributed by atoms with Crippen LogP contribution in [0.2, 0.25) is 0 Å². The first-order chi connectivity index (χ1) is 14.9. The lowest BCUT2D eigenvalue weighted by Crippen LogP contribution is -2.55. The maximum absolute atomic E-state index is 12.0. The van der Waals surface area contributed by atoms with Gasteiger partial charge in [-0.3, -0.25) is 9.08 Å². The molecule has 3 aromatic rings. The van der Waals surface area contributed by atoms with Gasteiger partial charge in [-0.1, -0.05) is 97.9 Å². The van der Waals surface area contributed by atoms with Crippen LogP contribution in [0.25, 0.3) is 0 Å². The fourth-order valence-electron chi connectivity index (χ4n) is 4.77. The smallest absolute Gasteiger partial charge is 0.264 e. The Labute approximate surface area is 185 Å². The summed E-state index contributed by atoms with van der Waals surface area (Å²) in [6, 6.07) is 31.4. The van der Waals surface area contributed by atoms with Crippen molar-refractivity contribution in [3.63, 3.8) is 0 Å². The third kappa shape index (κ3) is 4.45. The third-order valence-corrected chi connectivity index (χ3v) is 6.83. The van der Waals surface area contributed by atoms with E-state index in [9.17, 15) is 8.42 Å². The van der Waals surface area contributed by atoms with Crippen LogP contribution in [0.5, 0.6) is 0 Å². The fourth-order valence-corrected chi connectivity index (χ4v) is 5.47. The van der Waals surface area contributed by atoms with Crippen molar-refractivity contribution in [3.05, 3.63) is 108 Å². The lowest BCUT2D eigenvalue weighted by molar-refractivity contribution is 0.0143. The van der Waals surface area contributed by atoms with Crippen molar-refractivity contribution in [1.29, 1.82) is 0 Å². The van der Waals surface area contributed by atoms with Crippen LogP contribution in [0, 0.1) is 5.92 Å². The summed E-state index contributed by atoms with van der Waals surface area (Å²) >= 11 is 0. The molecular weight excluding hydrogens is 406 g/mol. The van der Waals surface area contributed by atoms with Crippen LogP contribution in [-0.2, 0) is 19.8 Å². The zero-order valence-corrected chi connectivity index (χ0v) is 18.8. The Balaban J connectivity index is 1.92. The minimum absolute atomic E-state index is 0.158. The van der Waals surface area contributed by atoms with Crippen LogP contribution >= 0.6 is 0 Å². The number of benzene rings is 3. The maximum Gasteiger partial charge on any atom is 0.264 e. The highest BCUT2D eigenvalue weighted by Gasteiger charge is 2.45. The molecule has 31 heavy (non-hydrogen) atoms. The molecule has 0 radical (unpaired) electrons. The zero-order valence-electron chi connectivity index (χ0n) is 18.0. The van der Waals surface area contributed by atoms with Crippen molar-refractivity contribution >= 4 is 10.1 Å². The summed E-state index contributed by atoms with van der Waals surface area (Å²) in [5, 5.41) is 0. The normalized spacial score (nSPS) is 20.5. The lowest BCUT2D eigenvalue weighted by Gasteiger charge is -2.49. The number of hydrogen-bond donors (Lipinski definition) is 0. The summed E-state index contributed by atoms with van der Waals surface area (Å²) in [6.07, 6.45) is 1.60. The highest BCUT2D eigenvalue weighted by molar-refractivity contribution is 7.86. The van der Waals surface area contributed by atoms with Gasteiger partial charge >= 0.3 is 0 Å². The van der Waals surface area contributed by atoms with E-state index in [0.29, 0.717) is 6.54 Å². The Bertz CT molecular complexity index is 989. The fraction of sp³-hybridized carbons (Fsp3) is 0.308. The summed E-state index contributed by atoms with van der Waals surface area (Å²) in [4.78, 5) is 2.39. The van der Waals surface area contributed by atoms with Gasteiger partial charge in [-0.25, -0.2) is 0 Å². The molecule has 1 aliphatic rings. The molecule has 0 N–H and O–H groups in total. The molecule has 5 heteroatoms. The number of nitrogens with zero attached hydrogens (tertiary/aromatic N) is 1. The Morgan fingerprint density at radius 2 is 1.23 bits per heavy atom. The van der Waals surface area contributed by atoms with Crippen LogP contribution in [-0.4, -0.2) is 38.8 Å². The molecule has 1 heterocycles. The molecule has 0 aromatic heterocycles. The van der Waals surface area contributed by atoms with E-state index in [0.717, 1.165) is 35.9 Å². The molecule has 162 valence electrons. The van der Waals surface area contributed by atoms with E-state index in [2.05, 4.69) is 84.6 Å². The van der Waals surface area contributed by atoms with Crippen molar-refractivity contribution in [2.24, 2.45) is 5.92 Å². The predicted molar refractivity (Wildman–Crippen MR) is 124 cm³/mol. The van der Waals surface area contributed by atoms with E-state index in [1.807, 2.05) is 18.2 Å². The number of likely N-dealkylation sites (tertiary alicyclic amines) is 1. The maximum atomic E-state index is 12.0. The van der Waals surface area contributed by atoms with Gasteiger partial charge in [0.05, 0.1) is 17.9 Å². The third-order valence-electron chi connectivity index (χ3n) is 6.24. The van der Waals surface area contributed by atoms with Gasteiger partial charge in [-0.05, 0) is 29.0 Å². The highest BCUT2D eigenvalue weighted by Crippen LogP contribution is 2.44. The first kappa shape index (κ1) is 21.8. The van der Waals surface area contributed by atoms with Gasteiger partial charge < -0.3 is 0 Å². The zero-order chi connectivity index (χ0) is 21.9. The number of piperidine rings is 1. The Morgan fingerprint density at radius 1 is 0.806 bits per heavy atom. The second-order valence-electron chi connectivity index (χ2n) is 8.36. The van der Waals surface area contributed by atoms with Gasteiger partial charge in [0, 0.05) is 13.1 Å².